The van der Waals surface area contributed by atoms with Crippen molar-refractivity contribution in [3.8, 4) is 0 Å². The fourth-order valence-corrected chi connectivity index (χ4v) is 5.20. The molecule has 146 valence electrons. The van der Waals surface area contributed by atoms with Gasteiger partial charge >= 0.3 is 0 Å². The van der Waals surface area contributed by atoms with Crippen LogP contribution in [0.15, 0.2) is 90.2 Å². The van der Waals surface area contributed by atoms with E-state index in [1.54, 1.807) is 0 Å². The maximum absolute atomic E-state index is 5.20. The normalized spacial score (nSPS) is 26.2. The standard InChI is InChI=1S/C26H27N3/c1-3-7-21(8-4-1)24(22-9-5-2-6-10-22)26-25(23-13-17-29(26)18-14-23)28-19-20-11-15-27-16-12-20/h1-12,15-16,19,23-26H,13-14,17-18H2/b28-19+/t25-,26+/m1/s1. The Morgan fingerprint density at radius 1 is 0.828 bits per heavy atom. The number of piperidine rings is 3. The van der Waals surface area contributed by atoms with Gasteiger partial charge in [-0.15, -0.1) is 0 Å². The summed E-state index contributed by atoms with van der Waals surface area (Å²) in [5, 5.41) is 0. The van der Waals surface area contributed by atoms with Crippen molar-refractivity contribution in [2.24, 2.45) is 10.9 Å². The molecule has 0 saturated carbocycles. The molecule has 0 aliphatic carbocycles. The van der Waals surface area contributed by atoms with Crippen LogP contribution in [0.2, 0.25) is 0 Å². The van der Waals surface area contributed by atoms with Gasteiger partial charge in [-0.05, 0) is 60.7 Å². The molecule has 0 radical (unpaired) electrons. The zero-order chi connectivity index (χ0) is 19.5. The highest BCUT2D eigenvalue weighted by Crippen LogP contribution is 2.43. The summed E-state index contributed by atoms with van der Waals surface area (Å²) in [4.78, 5) is 12.0. The van der Waals surface area contributed by atoms with Gasteiger partial charge in [-0.1, -0.05) is 60.7 Å². The second-order valence-electron chi connectivity index (χ2n) is 8.21. The number of nitrogens with zero attached hydrogens (tertiary/aromatic N) is 3. The van der Waals surface area contributed by atoms with Gasteiger partial charge in [-0.2, -0.15) is 0 Å². The first-order valence-corrected chi connectivity index (χ1v) is 10.7. The molecule has 29 heavy (non-hydrogen) atoms. The summed E-state index contributed by atoms with van der Waals surface area (Å²) in [6.45, 7) is 2.37. The first kappa shape index (κ1) is 18.3. The highest BCUT2D eigenvalue weighted by atomic mass is 15.2. The molecule has 2 atom stereocenters. The van der Waals surface area contributed by atoms with Crippen molar-refractivity contribution in [2.75, 3.05) is 13.1 Å². The van der Waals surface area contributed by atoms with E-state index in [9.17, 15) is 0 Å². The number of hydrogen-bond donors (Lipinski definition) is 0. The van der Waals surface area contributed by atoms with Crippen molar-refractivity contribution < 1.29 is 0 Å². The SMILES string of the molecule is C(=N\[C@@H]1C2CCN(CC2)[C@H]1C(c1ccccc1)c1ccccc1)/c1ccncc1. The van der Waals surface area contributed by atoms with Gasteiger partial charge in [0.15, 0.2) is 0 Å². The Morgan fingerprint density at radius 3 is 2.00 bits per heavy atom. The Bertz CT molecular complexity index is 892. The van der Waals surface area contributed by atoms with E-state index < -0.39 is 0 Å². The fourth-order valence-electron chi connectivity index (χ4n) is 5.20. The highest BCUT2D eigenvalue weighted by molar-refractivity contribution is 5.79. The van der Waals surface area contributed by atoms with Gasteiger partial charge in [-0.25, -0.2) is 0 Å². The predicted molar refractivity (Wildman–Crippen MR) is 118 cm³/mol. The number of aromatic nitrogens is 1. The Hall–Kier alpha value is -2.78. The molecule has 0 N–H and O–H groups in total. The zero-order valence-corrected chi connectivity index (χ0v) is 16.6. The van der Waals surface area contributed by atoms with Crippen LogP contribution in [0.4, 0.5) is 0 Å². The van der Waals surface area contributed by atoms with Crippen molar-refractivity contribution in [2.45, 2.75) is 30.8 Å². The molecular weight excluding hydrogens is 354 g/mol. The lowest BCUT2D eigenvalue weighted by molar-refractivity contribution is 0.0215. The third kappa shape index (κ3) is 3.75. The second-order valence-corrected chi connectivity index (χ2v) is 8.21. The molecule has 3 fully saturated rings. The molecule has 3 nitrogen and oxygen atoms in total. The lowest BCUT2D eigenvalue weighted by Crippen LogP contribution is -2.59. The monoisotopic (exact) mass is 381 g/mol. The highest BCUT2D eigenvalue weighted by Gasteiger charge is 2.46. The maximum atomic E-state index is 5.20. The Balaban J connectivity index is 1.56. The first-order chi connectivity index (χ1) is 14.4. The van der Waals surface area contributed by atoms with E-state index in [1.807, 2.05) is 24.5 Å². The molecule has 1 aromatic heterocycles. The van der Waals surface area contributed by atoms with Crippen molar-refractivity contribution in [3.05, 3.63) is 102 Å². The first-order valence-electron chi connectivity index (χ1n) is 10.7. The molecular formula is C26H27N3. The Labute approximate surface area is 173 Å². The quantitative estimate of drug-likeness (QED) is 0.594. The minimum atomic E-state index is 0.316. The summed E-state index contributed by atoms with van der Waals surface area (Å²) in [7, 11) is 0. The largest absolute Gasteiger partial charge is 0.297 e. The van der Waals surface area contributed by atoms with E-state index in [-0.39, 0.29) is 0 Å². The number of fused-ring (bicyclic) bond motifs is 3. The van der Waals surface area contributed by atoms with Gasteiger partial charge in [0.2, 0.25) is 0 Å². The summed E-state index contributed by atoms with van der Waals surface area (Å²) >= 11 is 0. The average Bonchev–Trinajstić information content (AvgIpc) is 2.81. The molecule has 2 bridgehead atoms. The van der Waals surface area contributed by atoms with Crippen molar-refractivity contribution in [1.29, 1.82) is 0 Å². The maximum Gasteiger partial charge on any atom is 0.0693 e. The van der Waals surface area contributed by atoms with Crippen LogP contribution in [0.1, 0.15) is 35.4 Å². The van der Waals surface area contributed by atoms with Gasteiger partial charge in [0, 0.05) is 30.6 Å². The van der Waals surface area contributed by atoms with E-state index >= 15 is 0 Å². The van der Waals surface area contributed by atoms with Crippen LogP contribution in [0.25, 0.3) is 0 Å². The second kappa shape index (κ2) is 8.30. The number of aliphatic imine (C=N–C) groups is 1. The van der Waals surface area contributed by atoms with Crippen LogP contribution < -0.4 is 0 Å². The molecule has 4 heterocycles. The van der Waals surface area contributed by atoms with E-state index in [0.717, 1.165) is 5.56 Å². The summed E-state index contributed by atoms with van der Waals surface area (Å²) in [5.41, 5.74) is 3.91. The molecule has 3 saturated heterocycles. The lowest BCUT2D eigenvalue weighted by atomic mass is 9.71. The summed E-state index contributed by atoms with van der Waals surface area (Å²) < 4.78 is 0. The van der Waals surface area contributed by atoms with E-state index in [1.165, 1.54) is 37.1 Å². The van der Waals surface area contributed by atoms with Gasteiger partial charge in [-0.3, -0.25) is 14.9 Å². The number of rotatable bonds is 5. The molecule has 0 spiro atoms. The van der Waals surface area contributed by atoms with Gasteiger partial charge in [0.25, 0.3) is 0 Å². The van der Waals surface area contributed by atoms with Crippen LogP contribution in [0.3, 0.4) is 0 Å². The molecule has 6 rings (SSSR count). The molecule has 0 unspecified atom stereocenters. The molecule has 3 heteroatoms. The van der Waals surface area contributed by atoms with Gasteiger partial charge in [0.1, 0.15) is 0 Å². The lowest BCUT2D eigenvalue weighted by Gasteiger charge is -2.52. The van der Waals surface area contributed by atoms with E-state index in [2.05, 4.69) is 76.8 Å². The smallest absolute Gasteiger partial charge is 0.0693 e. The van der Waals surface area contributed by atoms with Crippen LogP contribution in [-0.4, -0.2) is 41.3 Å². The third-order valence-corrected chi connectivity index (χ3v) is 6.59. The summed E-state index contributed by atoms with van der Waals surface area (Å²) in [6, 6.07) is 26.8. The number of pyridine rings is 1. The third-order valence-electron chi connectivity index (χ3n) is 6.59. The van der Waals surface area contributed by atoms with Gasteiger partial charge < -0.3 is 0 Å². The Morgan fingerprint density at radius 2 is 1.41 bits per heavy atom. The van der Waals surface area contributed by atoms with Crippen molar-refractivity contribution in [3.63, 3.8) is 0 Å². The van der Waals surface area contributed by atoms with Crippen molar-refractivity contribution in [1.82, 2.24) is 9.88 Å². The van der Waals surface area contributed by atoms with E-state index in [0.29, 0.717) is 23.9 Å². The minimum Gasteiger partial charge on any atom is -0.297 e. The zero-order valence-electron chi connectivity index (χ0n) is 16.6. The van der Waals surface area contributed by atoms with Crippen LogP contribution in [0.5, 0.6) is 0 Å². The van der Waals surface area contributed by atoms with Crippen molar-refractivity contribution >= 4 is 6.21 Å². The van der Waals surface area contributed by atoms with Crippen LogP contribution in [0, 0.1) is 5.92 Å². The summed E-state index contributed by atoms with van der Waals surface area (Å²) in [5.74, 6) is 0.998. The van der Waals surface area contributed by atoms with E-state index in [4.69, 9.17) is 4.99 Å². The van der Waals surface area contributed by atoms with Crippen LogP contribution >= 0.6 is 0 Å². The fraction of sp³-hybridized carbons (Fsp3) is 0.308. The Kier molecular flexibility index (Phi) is 5.23. The average molecular weight is 382 g/mol. The predicted octanol–water partition coefficient (Wildman–Crippen LogP) is 4.80. The minimum absolute atomic E-state index is 0.316. The number of hydrogen-bond acceptors (Lipinski definition) is 3. The molecule has 0 amide bonds. The molecule has 2 aromatic carbocycles. The van der Waals surface area contributed by atoms with Gasteiger partial charge in [0.05, 0.1) is 6.04 Å². The molecule has 3 aliphatic heterocycles. The summed E-state index contributed by atoms with van der Waals surface area (Å²) in [6.07, 6.45) is 8.25. The topological polar surface area (TPSA) is 28.5 Å². The molecule has 3 aromatic rings. The van der Waals surface area contributed by atoms with Crippen LogP contribution in [-0.2, 0) is 0 Å². The number of benzene rings is 2. The molecule has 3 aliphatic rings.